The maximum atomic E-state index is 12.5. The van der Waals surface area contributed by atoms with Gasteiger partial charge >= 0.3 is 5.97 Å². The molecule has 0 saturated carbocycles. The smallest absolute Gasteiger partial charge is 0.345 e. The lowest BCUT2D eigenvalue weighted by molar-refractivity contribution is -0.384. The molecule has 0 aromatic heterocycles. The van der Waals surface area contributed by atoms with Gasteiger partial charge in [0.2, 0.25) is 17.3 Å². The van der Waals surface area contributed by atoms with Crippen LogP contribution in [0.2, 0.25) is 0 Å². The number of nitro groups is 1. The first-order valence-electron chi connectivity index (χ1n) is 9.59. The van der Waals surface area contributed by atoms with E-state index in [1.165, 1.54) is 59.6 Å². The molecule has 3 unspecified atom stereocenters. The van der Waals surface area contributed by atoms with Crippen LogP contribution in [0.25, 0.3) is 0 Å². The zero-order valence-corrected chi connectivity index (χ0v) is 20.5. The van der Waals surface area contributed by atoms with Gasteiger partial charge in [-0.15, -0.1) is 11.8 Å². The summed E-state index contributed by atoms with van der Waals surface area (Å²) in [6.45, 7) is 3.65. The Morgan fingerprint density at radius 1 is 1.38 bits per heavy atom. The molecule has 174 valence electrons. The van der Waals surface area contributed by atoms with Gasteiger partial charge in [0, 0.05) is 31.4 Å². The fraction of sp³-hybridized carbons (Fsp3) is 0.474. The molecule has 2 amide bonds. The Morgan fingerprint density at radius 2 is 2.03 bits per heavy atom. The number of esters is 1. The lowest BCUT2D eigenvalue weighted by atomic mass is 9.95. The summed E-state index contributed by atoms with van der Waals surface area (Å²) in [4.78, 5) is 47.3. The molecule has 1 aliphatic rings. The van der Waals surface area contributed by atoms with Crippen molar-refractivity contribution in [2.45, 2.75) is 37.8 Å². The lowest BCUT2D eigenvalue weighted by Gasteiger charge is -2.47. The van der Waals surface area contributed by atoms with Crippen LogP contribution >= 0.6 is 47.3 Å². The molecule has 1 heterocycles. The molecular weight excluding hydrogens is 498 g/mol. The van der Waals surface area contributed by atoms with Crippen molar-refractivity contribution in [2.24, 2.45) is 5.92 Å². The summed E-state index contributed by atoms with van der Waals surface area (Å²) in [7, 11) is 0. The number of ether oxygens (including phenoxy) is 1. The van der Waals surface area contributed by atoms with Gasteiger partial charge in [-0.25, -0.2) is 4.79 Å². The van der Waals surface area contributed by atoms with Crippen molar-refractivity contribution in [3.63, 3.8) is 0 Å². The number of hydrogen-bond donors (Lipinski definition) is 1. The number of non-ortho nitro benzene ring substituents is 1. The molecule has 0 aliphatic carbocycles. The number of thioether (sulfide) groups is 2. The molecule has 9 nitrogen and oxygen atoms in total. The van der Waals surface area contributed by atoms with Gasteiger partial charge in [-0.2, -0.15) is 0 Å². The van der Waals surface area contributed by atoms with Crippen LogP contribution in [0.4, 0.5) is 5.69 Å². The Morgan fingerprint density at radius 3 is 2.59 bits per heavy atom. The van der Waals surface area contributed by atoms with E-state index in [4.69, 9.17) is 28.6 Å². The second kappa shape index (κ2) is 12.4. The van der Waals surface area contributed by atoms with Crippen molar-refractivity contribution in [2.75, 3.05) is 12.3 Å². The number of carbonyl (C=O) groups excluding carboxylic acids is 3. The highest BCUT2D eigenvalue weighted by atomic mass is 35.5. The summed E-state index contributed by atoms with van der Waals surface area (Å²) in [5.74, 6) is -0.878. The number of nitro benzene ring substituents is 1. The van der Waals surface area contributed by atoms with Crippen LogP contribution in [0.1, 0.15) is 25.8 Å². The maximum Gasteiger partial charge on any atom is 0.345 e. The second-order valence-electron chi connectivity index (χ2n) is 6.72. The number of thiocarbonyl (C=S) groups is 1. The third-order valence-corrected chi connectivity index (χ3v) is 7.82. The third-order valence-electron chi connectivity index (χ3n) is 4.51. The summed E-state index contributed by atoms with van der Waals surface area (Å²) in [6, 6.07) is 5.57. The molecule has 1 saturated heterocycles. The number of carbonyl (C=O) groups is 3. The number of amides is 2. The highest BCUT2D eigenvalue weighted by Gasteiger charge is 2.52. The van der Waals surface area contributed by atoms with E-state index in [1.54, 1.807) is 0 Å². The van der Waals surface area contributed by atoms with Crippen LogP contribution in [0.5, 0.6) is 0 Å². The predicted molar refractivity (Wildman–Crippen MR) is 128 cm³/mol. The van der Waals surface area contributed by atoms with Gasteiger partial charge in [-0.3, -0.25) is 19.7 Å². The number of nitrogens with zero attached hydrogens (tertiary/aromatic N) is 2. The number of halogens is 1. The number of likely N-dealkylation sites (tertiary alicyclic amines) is 1. The summed E-state index contributed by atoms with van der Waals surface area (Å²) in [5, 5.41) is 13.0. The van der Waals surface area contributed by atoms with Crippen LogP contribution in [-0.2, 0) is 25.7 Å². The van der Waals surface area contributed by atoms with Crippen LogP contribution in [-0.4, -0.2) is 54.3 Å². The minimum Gasteiger partial charge on any atom is -0.458 e. The maximum absolute atomic E-state index is 12.5. The molecule has 1 N–H and O–H groups in total. The van der Waals surface area contributed by atoms with Crippen molar-refractivity contribution in [3.8, 4) is 0 Å². The van der Waals surface area contributed by atoms with Gasteiger partial charge in [-0.1, -0.05) is 42.5 Å². The van der Waals surface area contributed by atoms with E-state index in [9.17, 15) is 24.5 Å². The number of rotatable bonds is 10. The number of β-lactam (4-membered cyclic amide) rings is 1. The number of benzene rings is 1. The molecule has 0 radical (unpaired) electrons. The zero-order valence-electron chi connectivity index (χ0n) is 17.3. The highest BCUT2D eigenvalue weighted by Crippen LogP contribution is 2.42. The van der Waals surface area contributed by atoms with Crippen molar-refractivity contribution >= 4 is 74.3 Å². The monoisotopic (exact) mass is 519 g/mol. The minimum atomic E-state index is -1.31. The molecule has 0 bridgehead atoms. The first kappa shape index (κ1) is 26.4. The Labute approximate surface area is 204 Å². The minimum absolute atomic E-state index is 0.0714. The van der Waals surface area contributed by atoms with Crippen molar-refractivity contribution < 1.29 is 24.0 Å². The van der Waals surface area contributed by atoms with Gasteiger partial charge < -0.3 is 15.0 Å². The Hall–Kier alpha value is -1.89. The average molecular weight is 520 g/mol. The van der Waals surface area contributed by atoms with Gasteiger partial charge in [0.15, 0.2) is 0 Å². The van der Waals surface area contributed by atoms with Gasteiger partial charge in [0.1, 0.15) is 10.1 Å². The van der Waals surface area contributed by atoms with E-state index in [-0.39, 0.29) is 35.4 Å². The molecule has 1 aromatic carbocycles. The third kappa shape index (κ3) is 7.06. The van der Waals surface area contributed by atoms with Gasteiger partial charge in [0.25, 0.3) is 5.69 Å². The molecule has 0 spiro atoms. The molecule has 1 aromatic rings. The zero-order chi connectivity index (χ0) is 23.8. The van der Waals surface area contributed by atoms with Crippen molar-refractivity contribution in [3.05, 3.63) is 39.9 Å². The SMILES string of the molecule is CCC1C(=O)N(C(Cl)C(=O)OCc2ccc([N+](=O)[O-])cc2)C1SC(=S)SCCNC(C)=O. The highest BCUT2D eigenvalue weighted by molar-refractivity contribution is 8.47. The fourth-order valence-corrected chi connectivity index (χ4v) is 5.94. The molecular formula is C19H22ClN3O6S3. The van der Waals surface area contributed by atoms with E-state index in [1.807, 2.05) is 6.92 Å². The first-order valence-corrected chi connectivity index (χ1v) is 12.3. The van der Waals surface area contributed by atoms with Crippen molar-refractivity contribution in [1.82, 2.24) is 10.2 Å². The van der Waals surface area contributed by atoms with E-state index >= 15 is 0 Å². The predicted octanol–water partition coefficient (Wildman–Crippen LogP) is 3.28. The Kier molecular flexibility index (Phi) is 10.2. The normalized spacial score (nSPS) is 18.5. The molecule has 1 fully saturated rings. The van der Waals surface area contributed by atoms with Crippen LogP contribution in [0.3, 0.4) is 0 Å². The Balaban J connectivity index is 1.90. The second-order valence-corrected chi connectivity index (χ2v) is 10.5. The van der Waals surface area contributed by atoms with E-state index in [2.05, 4.69) is 5.32 Å². The largest absolute Gasteiger partial charge is 0.458 e. The van der Waals surface area contributed by atoms with Gasteiger partial charge in [0.05, 0.1) is 16.2 Å². The van der Waals surface area contributed by atoms with Crippen LogP contribution in [0, 0.1) is 16.0 Å². The summed E-state index contributed by atoms with van der Waals surface area (Å²) in [6.07, 6.45) is 0.577. The van der Waals surface area contributed by atoms with E-state index < -0.39 is 16.4 Å². The topological polar surface area (TPSA) is 119 Å². The number of hydrogen-bond acceptors (Lipinski definition) is 9. The van der Waals surface area contributed by atoms with Crippen LogP contribution in [0.15, 0.2) is 24.3 Å². The van der Waals surface area contributed by atoms with E-state index in [0.717, 1.165) is 0 Å². The molecule has 2 rings (SSSR count). The lowest BCUT2D eigenvalue weighted by Crippen LogP contribution is -2.63. The summed E-state index contributed by atoms with van der Waals surface area (Å²) in [5.41, 5.74) is -0.831. The first-order chi connectivity index (χ1) is 15.1. The average Bonchev–Trinajstić information content (AvgIpc) is 2.75. The molecule has 13 heteroatoms. The Bertz CT molecular complexity index is 886. The van der Waals surface area contributed by atoms with E-state index in [0.29, 0.717) is 27.8 Å². The molecule has 1 aliphatic heterocycles. The molecule has 32 heavy (non-hydrogen) atoms. The fourth-order valence-electron chi connectivity index (χ4n) is 2.85. The summed E-state index contributed by atoms with van der Waals surface area (Å²) < 4.78 is 5.78. The summed E-state index contributed by atoms with van der Waals surface area (Å²) >= 11 is 14.3. The number of alkyl halides is 1. The number of nitrogens with one attached hydrogen (secondary N) is 1. The molecule has 3 atom stereocenters. The van der Waals surface area contributed by atoms with Gasteiger partial charge in [-0.05, 0) is 24.1 Å². The van der Waals surface area contributed by atoms with Crippen LogP contribution < -0.4 is 5.32 Å². The standard InChI is InChI=1S/C19H22ClN3O6S3/c1-3-14-16(25)22(17(14)32-19(30)31-9-8-21-11(2)24)15(20)18(26)29-10-12-4-6-13(7-5-12)23(27)28/h4-7,14-15,17H,3,8-10H2,1-2H3,(H,21,24). The quantitative estimate of drug-likeness (QED) is 0.0725. The van der Waals surface area contributed by atoms with Crippen molar-refractivity contribution in [1.29, 1.82) is 0 Å².